The van der Waals surface area contributed by atoms with E-state index >= 15 is 0 Å². The molecule has 0 aliphatic heterocycles. The van der Waals surface area contributed by atoms with E-state index in [0.717, 1.165) is 32.4 Å². The predicted molar refractivity (Wildman–Crippen MR) is 98.5 cm³/mol. The second-order valence-electron chi connectivity index (χ2n) is 5.58. The predicted octanol–water partition coefficient (Wildman–Crippen LogP) is 3.89. The maximum absolute atomic E-state index is 4.69. The van der Waals surface area contributed by atoms with E-state index in [4.69, 9.17) is 4.98 Å². The van der Waals surface area contributed by atoms with Crippen LogP contribution in [0.25, 0.3) is 33.8 Å². The highest BCUT2D eigenvalue weighted by atomic mass is 79.9. The zero-order valence-corrected chi connectivity index (χ0v) is 14.5. The highest BCUT2D eigenvalue weighted by Crippen LogP contribution is 2.23. The van der Waals surface area contributed by atoms with Crippen LogP contribution in [0.1, 0.15) is 0 Å². The van der Waals surface area contributed by atoms with Gasteiger partial charge in [-0.05, 0) is 24.3 Å². The molecule has 0 saturated heterocycles. The molecule has 5 rings (SSSR count). The lowest BCUT2D eigenvalue weighted by Gasteiger charge is -2.01. The van der Waals surface area contributed by atoms with E-state index in [1.807, 2.05) is 59.3 Å². The van der Waals surface area contributed by atoms with Gasteiger partial charge in [-0.25, -0.2) is 19.2 Å². The summed E-state index contributed by atoms with van der Waals surface area (Å²) < 4.78 is 4.52. The summed E-state index contributed by atoms with van der Waals surface area (Å²) in [6, 6.07) is 17.8. The van der Waals surface area contributed by atoms with Gasteiger partial charge in [-0.1, -0.05) is 46.3 Å². The third-order valence-corrected chi connectivity index (χ3v) is 4.54. The minimum atomic E-state index is 0.661. The number of aromatic nitrogens is 6. The molecule has 0 aliphatic rings. The van der Waals surface area contributed by atoms with Gasteiger partial charge in [-0.2, -0.15) is 5.10 Å². The number of hydrogen-bond acceptors (Lipinski definition) is 4. The Bertz CT molecular complexity index is 1190. The van der Waals surface area contributed by atoms with Crippen LogP contribution in [0, 0.1) is 0 Å². The van der Waals surface area contributed by atoms with Crippen molar-refractivity contribution in [2.24, 2.45) is 0 Å². The lowest BCUT2D eigenvalue weighted by Crippen LogP contribution is -1.98. The van der Waals surface area contributed by atoms with Gasteiger partial charge in [-0.15, -0.1) is 5.10 Å². The fourth-order valence-electron chi connectivity index (χ4n) is 2.80. The topological polar surface area (TPSA) is 60.9 Å². The molecule has 7 heteroatoms. The van der Waals surface area contributed by atoms with Crippen LogP contribution in [-0.2, 0) is 0 Å². The van der Waals surface area contributed by atoms with Gasteiger partial charge in [0.15, 0.2) is 17.1 Å². The average molecular weight is 391 g/mol. The Labute approximate surface area is 150 Å². The van der Waals surface area contributed by atoms with Gasteiger partial charge < -0.3 is 0 Å². The molecule has 25 heavy (non-hydrogen) atoms. The molecule has 0 fully saturated rings. The second kappa shape index (κ2) is 5.49. The Hall–Kier alpha value is -3.06. The maximum atomic E-state index is 4.69. The standard InChI is InChI=1S/C18H11BrN6/c19-13-8-6-12(7-9-13)16-22-18-15-10-21-25(14-4-2-1-3-5-14)17(15)20-11-24(18)23-16/h1-11H. The fourth-order valence-corrected chi connectivity index (χ4v) is 3.06. The van der Waals surface area contributed by atoms with Crippen molar-refractivity contribution in [1.82, 2.24) is 29.4 Å². The minimum Gasteiger partial charge on any atom is -0.216 e. The SMILES string of the molecule is Brc1ccc(-c2nc3c4cnn(-c5ccccc5)c4ncn3n2)cc1. The molecule has 0 bridgehead atoms. The van der Waals surface area contributed by atoms with E-state index in [-0.39, 0.29) is 0 Å². The summed E-state index contributed by atoms with van der Waals surface area (Å²) in [5.74, 6) is 0.661. The number of halogens is 1. The first kappa shape index (κ1) is 14.3. The molecule has 120 valence electrons. The number of nitrogens with zero attached hydrogens (tertiary/aromatic N) is 6. The van der Waals surface area contributed by atoms with E-state index in [2.05, 4.69) is 31.1 Å². The lowest BCUT2D eigenvalue weighted by atomic mass is 10.2. The van der Waals surface area contributed by atoms with Crippen molar-refractivity contribution < 1.29 is 0 Å². The number of fused-ring (bicyclic) bond motifs is 3. The maximum Gasteiger partial charge on any atom is 0.182 e. The molecule has 3 heterocycles. The molecule has 5 aromatic rings. The number of benzene rings is 2. The van der Waals surface area contributed by atoms with Gasteiger partial charge in [0.25, 0.3) is 0 Å². The Morgan fingerprint density at radius 3 is 2.48 bits per heavy atom. The second-order valence-corrected chi connectivity index (χ2v) is 6.50. The molecule has 2 aromatic carbocycles. The molecule has 0 aliphatic carbocycles. The molecule has 0 amide bonds. The molecule has 0 saturated carbocycles. The van der Waals surface area contributed by atoms with E-state index in [1.165, 1.54) is 0 Å². The van der Waals surface area contributed by atoms with Crippen molar-refractivity contribution in [3.8, 4) is 17.1 Å². The summed E-state index contributed by atoms with van der Waals surface area (Å²) in [5, 5.41) is 9.87. The highest BCUT2D eigenvalue weighted by molar-refractivity contribution is 9.10. The van der Waals surface area contributed by atoms with Gasteiger partial charge in [0.2, 0.25) is 0 Å². The molecule has 0 spiro atoms. The Morgan fingerprint density at radius 1 is 0.880 bits per heavy atom. The Kier molecular flexibility index (Phi) is 3.14. The van der Waals surface area contributed by atoms with Crippen LogP contribution in [-0.4, -0.2) is 29.4 Å². The smallest absolute Gasteiger partial charge is 0.182 e. The number of rotatable bonds is 2. The zero-order chi connectivity index (χ0) is 16.8. The van der Waals surface area contributed by atoms with Crippen LogP contribution in [0.15, 0.2) is 71.6 Å². The van der Waals surface area contributed by atoms with Crippen LogP contribution in [0.5, 0.6) is 0 Å². The molecule has 0 N–H and O–H groups in total. The van der Waals surface area contributed by atoms with Crippen molar-refractivity contribution in [2.75, 3.05) is 0 Å². The van der Waals surface area contributed by atoms with E-state index < -0.39 is 0 Å². The van der Waals surface area contributed by atoms with Gasteiger partial charge in [0.05, 0.1) is 17.3 Å². The monoisotopic (exact) mass is 390 g/mol. The normalized spacial score (nSPS) is 11.4. The molecule has 0 atom stereocenters. The third-order valence-electron chi connectivity index (χ3n) is 4.01. The highest BCUT2D eigenvalue weighted by Gasteiger charge is 2.14. The van der Waals surface area contributed by atoms with Crippen molar-refractivity contribution in [2.45, 2.75) is 0 Å². The third kappa shape index (κ3) is 2.32. The van der Waals surface area contributed by atoms with Crippen molar-refractivity contribution in [3.63, 3.8) is 0 Å². The number of para-hydroxylation sites is 1. The summed E-state index contributed by atoms with van der Waals surface area (Å²) in [4.78, 5) is 9.21. The van der Waals surface area contributed by atoms with Gasteiger partial charge >= 0.3 is 0 Å². The summed E-state index contributed by atoms with van der Waals surface area (Å²) in [5.41, 5.74) is 3.41. The number of hydrogen-bond donors (Lipinski definition) is 0. The van der Waals surface area contributed by atoms with Gasteiger partial charge in [-0.3, -0.25) is 0 Å². The van der Waals surface area contributed by atoms with E-state index in [0.29, 0.717) is 5.82 Å². The fraction of sp³-hybridized carbons (Fsp3) is 0. The van der Waals surface area contributed by atoms with Crippen molar-refractivity contribution in [3.05, 3.63) is 71.6 Å². The Morgan fingerprint density at radius 2 is 1.68 bits per heavy atom. The molecule has 0 radical (unpaired) electrons. The van der Waals surface area contributed by atoms with E-state index in [9.17, 15) is 0 Å². The lowest BCUT2D eigenvalue weighted by molar-refractivity contribution is 0.882. The first-order valence-electron chi connectivity index (χ1n) is 7.70. The summed E-state index contributed by atoms with van der Waals surface area (Å²) in [6.45, 7) is 0. The molecular formula is C18H11BrN6. The van der Waals surface area contributed by atoms with Crippen LogP contribution in [0.2, 0.25) is 0 Å². The van der Waals surface area contributed by atoms with Crippen molar-refractivity contribution >= 4 is 32.6 Å². The minimum absolute atomic E-state index is 0.661. The van der Waals surface area contributed by atoms with Gasteiger partial charge in [0.1, 0.15) is 6.33 Å². The summed E-state index contributed by atoms with van der Waals surface area (Å²) >= 11 is 3.44. The largest absolute Gasteiger partial charge is 0.216 e. The van der Waals surface area contributed by atoms with Crippen LogP contribution in [0.4, 0.5) is 0 Å². The first-order valence-corrected chi connectivity index (χ1v) is 8.49. The molecular weight excluding hydrogens is 380 g/mol. The van der Waals surface area contributed by atoms with Crippen LogP contribution >= 0.6 is 15.9 Å². The Balaban J connectivity index is 1.71. The van der Waals surface area contributed by atoms with Crippen LogP contribution in [0.3, 0.4) is 0 Å². The molecule has 0 unspecified atom stereocenters. The first-order chi connectivity index (χ1) is 12.3. The van der Waals surface area contributed by atoms with Crippen molar-refractivity contribution in [1.29, 1.82) is 0 Å². The van der Waals surface area contributed by atoms with Crippen LogP contribution < -0.4 is 0 Å². The van der Waals surface area contributed by atoms with E-state index in [1.54, 1.807) is 17.0 Å². The molecule has 3 aromatic heterocycles. The quantitative estimate of drug-likeness (QED) is 0.458. The summed E-state index contributed by atoms with van der Waals surface area (Å²) in [6.07, 6.45) is 3.46. The average Bonchev–Trinajstić information content (AvgIpc) is 3.26. The molecule has 6 nitrogen and oxygen atoms in total. The zero-order valence-electron chi connectivity index (χ0n) is 12.9. The van der Waals surface area contributed by atoms with Gasteiger partial charge in [0, 0.05) is 10.0 Å². The summed E-state index contributed by atoms with van der Waals surface area (Å²) in [7, 11) is 0.